The summed E-state index contributed by atoms with van der Waals surface area (Å²) < 4.78 is 0. The van der Waals surface area contributed by atoms with Crippen molar-refractivity contribution in [3.63, 3.8) is 0 Å². The predicted molar refractivity (Wildman–Crippen MR) is 56.0 cm³/mol. The Morgan fingerprint density at radius 1 is 1.43 bits per heavy atom. The Hall–Kier alpha value is -1.10. The molecule has 0 aliphatic heterocycles. The Labute approximate surface area is 88.7 Å². The van der Waals surface area contributed by atoms with Crippen LogP contribution in [-0.4, -0.2) is 23.1 Å². The van der Waals surface area contributed by atoms with E-state index in [1.807, 2.05) is 6.07 Å². The van der Waals surface area contributed by atoms with Crippen LogP contribution in [0, 0.1) is 0 Å². The maximum atomic E-state index is 10.8. The number of rotatable bonds is 3. The van der Waals surface area contributed by atoms with Crippen LogP contribution in [0.2, 0.25) is 0 Å². The zero-order valence-electron chi connectivity index (χ0n) is 7.75. The molecule has 0 aliphatic carbocycles. The molecular weight excluding hydrogens is 204 g/mol. The van der Waals surface area contributed by atoms with E-state index in [2.05, 4.69) is 0 Å². The maximum Gasteiger partial charge on any atom is 0.326 e. The van der Waals surface area contributed by atoms with Gasteiger partial charge >= 0.3 is 5.97 Å². The number of likely N-dealkylation sites (N-methyl/N-ethyl adjacent to an activating group) is 1. The lowest BCUT2D eigenvalue weighted by atomic mass is 10.1. The zero-order valence-corrected chi connectivity index (χ0v) is 8.57. The fraction of sp³-hybridized carbons (Fsp3) is 0.222. The molecule has 0 saturated heterocycles. The highest BCUT2D eigenvalue weighted by Gasteiger charge is 2.21. The summed E-state index contributed by atoms with van der Waals surface area (Å²) in [5, 5.41) is 10.1. The van der Waals surface area contributed by atoms with E-state index in [0.29, 0.717) is 5.56 Å². The normalized spacial score (nSPS) is 11.9. The fourth-order valence-corrected chi connectivity index (χ4v) is 1.19. The average Bonchev–Trinajstić information content (AvgIpc) is 2.04. The van der Waals surface area contributed by atoms with E-state index in [-0.39, 0.29) is 12.4 Å². The van der Waals surface area contributed by atoms with Gasteiger partial charge in [-0.05, 0) is 5.56 Å². The number of carbonyl (C=O) groups is 1. The molecule has 0 aromatic heterocycles. The topological polar surface area (TPSA) is 66.6 Å². The van der Waals surface area contributed by atoms with Gasteiger partial charge in [-0.3, -0.25) is 10.6 Å². The number of nitrogens with two attached hydrogens (primary N) is 1. The Bertz CT molecular complexity index is 290. The minimum Gasteiger partial charge on any atom is -0.480 e. The van der Waals surface area contributed by atoms with E-state index in [9.17, 15) is 4.79 Å². The Balaban J connectivity index is 0.00000169. The minimum atomic E-state index is -0.948. The lowest BCUT2D eigenvalue weighted by molar-refractivity contribution is -0.143. The number of carboxylic acids is 1. The highest BCUT2D eigenvalue weighted by Crippen LogP contribution is 2.16. The van der Waals surface area contributed by atoms with Crippen LogP contribution in [0.15, 0.2) is 30.3 Å². The summed E-state index contributed by atoms with van der Waals surface area (Å²) in [6, 6.07) is 8.11. The second-order valence-electron chi connectivity index (χ2n) is 2.82. The van der Waals surface area contributed by atoms with Crippen molar-refractivity contribution in [2.24, 2.45) is 5.84 Å². The fourth-order valence-electron chi connectivity index (χ4n) is 1.19. The lowest BCUT2D eigenvalue weighted by Gasteiger charge is -2.19. The summed E-state index contributed by atoms with van der Waals surface area (Å²) in [6.45, 7) is 0. The molecule has 0 aliphatic rings. The molecule has 5 heteroatoms. The van der Waals surface area contributed by atoms with Gasteiger partial charge < -0.3 is 5.11 Å². The number of hydrazine groups is 1. The van der Waals surface area contributed by atoms with Crippen molar-refractivity contribution < 1.29 is 9.90 Å². The highest BCUT2D eigenvalue weighted by molar-refractivity contribution is 5.85. The van der Waals surface area contributed by atoms with Crippen LogP contribution in [0.4, 0.5) is 0 Å². The molecule has 0 amide bonds. The van der Waals surface area contributed by atoms with Gasteiger partial charge in [-0.15, -0.1) is 12.4 Å². The van der Waals surface area contributed by atoms with E-state index >= 15 is 0 Å². The Kier molecular flexibility index (Phi) is 5.15. The Morgan fingerprint density at radius 3 is 2.29 bits per heavy atom. The van der Waals surface area contributed by atoms with Crippen LogP contribution in [0.3, 0.4) is 0 Å². The van der Waals surface area contributed by atoms with Gasteiger partial charge in [-0.25, -0.2) is 5.01 Å². The average molecular weight is 217 g/mol. The monoisotopic (exact) mass is 216 g/mol. The van der Waals surface area contributed by atoms with Crippen molar-refractivity contribution in [2.75, 3.05) is 7.05 Å². The van der Waals surface area contributed by atoms with Crippen LogP contribution >= 0.6 is 12.4 Å². The second kappa shape index (κ2) is 5.59. The Morgan fingerprint density at radius 2 is 1.93 bits per heavy atom. The molecule has 1 aromatic rings. The highest BCUT2D eigenvalue weighted by atomic mass is 35.5. The number of hydrogen-bond donors (Lipinski definition) is 2. The van der Waals surface area contributed by atoms with Crippen LogP contribution in [0.25, 0.3) is 0 Å². The molecule has 3 N–H and O–H groups in total. The predicted octanol–water partition coefficient (Wildman–Crippen LogP) is 1.04. The van der Waals surface area contributed by atoms with E-state index < -0.39 is 12.0 Å². The summed E-state index contributed by atoms with van der Waals surface area (Å²) in [7, 11) is 1.53. The molecule has 1 atom stereocenters. The number of benzene rings is 1. The SMILES string of the molecule is CN(N)C(C(=O)O)c1ccccc1.Cl. The van der Waals surface area contributed by atoms with Crippen molar-refractivity contribution in [3.05, 3.63) is 35.9 Å². The third-order valence-electron chi connectivity index (χ3n) is 1.76. The lowest BCUT2D eigenvalue weighted by Crippen LogP contribution is -2.35. The molecule has 4 nitrogen and oxygen atoms in total. The number of carboxylic acid groups (broad SMARTS) is 1. The summed E-state index contributed by atoms with van der Waals surface area (Å²) in [6.07, 6.45) is 0. The number of halogens is 1. The molecule has 1 aromatic carbocycles. The van der Waals surface area contributed by atoms with Crippen molar-refractivity contribution >= 4 is 18.4 Å². The molecule has 0 bridgehead atoms. The number of nitrogens with zero attached hydrogens (tertiary/aromatic N) is 1. The quantitative estimate of drug-likeness (QED) is 0.585. The summed E-state index contributed by atoms with van der Waals surface area (Å²) in [4.78, 5) is 10.8. The number of aliphatic carboxylic acids is 1. The molecule has 78 valence electrons. The first-order valence-corrected chi connectivity index (χ1v) is 3.88. The van der Waals surface area contributed by atoms with Crippen molar-refractivity contribution in [2.45, 2.75) is 6.04 Å². The van der Waals surface area contributed by atoms with Crippen LogP contribution in [0.1, 0.15) is 11.6 Å². The third-order valence-corrected chi connectivity index (χ3v) is 1.76. The second-order valence-corrected chi connectivity index (χ2v) is 2.82. The van der Waals surface area contributed by atoms with Gasteiger partial charge in [0.15, 0.2) is 0 Å². The molecule has 0 spiro atoms. The minimum absolute atomic E-state index is 0. The first-order chi connectivity index (χ1) is 6.13. The first kappa shape index (κ1) is 12.9. The van der Waals surface area contributed by atoms with Gasteiger partial charge in [0.25, 0.3) is 0 Å². The van der Waals surface area contributed by atoms with E-state index in [1.54, 1.807) is 24.3 Å². The van der Waals surface area contributed by atoms with Crippen LogP contribution in [-0.2, 0) is 4.79 Å². The van der Waals surface area contributed by atoms with Crippen LogP contribution in [0.5, 0.6) is 0 Å². The maximum absolute atomic E-state index is 10.8. The van der Waals surface area contributed by atoms with Gasteiger partial charge in [-0.1, -0.05) is 30.3 Å². The third kappa shape index (κ3) is 2.99. The summed E-state index contributed by atoms with van der Waals surface area (Å²) in [5.74, 6) is 4.47. The number of hydrogen-bond acceptors (Lipinski definition) is 3. The van der Waals surface area contributed by atoms with Gasteiger partial charge in [0.2, 0.25) is 0 Å². The van der Waals surface area contributed by atoms with Crippen molar-refractivity contribution in [1.29, 1.82) is 0 Å². The molecule has 1 unspecified atom stereocenters. The molecule has 0 radical (unpaired) electrons. The molecule has 0 saturated carbocycles. The van der Waals surface area contributed by atoms with Gasteiger partial charge in [0.1, 0.15) is 6.04 Å². The largest absolute Gasteiger partial charge is 0.480 e. The van der Waals surface area contributed by atoms with E-state index in [0.717, 1.165) is 0 Å². The van der Waals surface area contributed by atoms with Gasteiger partial charge in [-0.2, -0.15) is 0 Å². The van der Waals surface area contributed by atoms with Gasteiger partial charge in [0.05, 0.1) is 0 Å². The molecule has 0 heterocycles. The van der Waals surface area contributed by atoms with Crippen molar-refractivity contribution in [3.8, 4) is 0 Å². The molecule has 1 rings (SSSR count). The van der Waals surface area contributed by atoms with Crippen molar-refractivity contribution in [1.82, 2.24) is 5.01 Å². The van der Waals surface area contributed by atoms with E-state index in [1.165, 1.54) is 12.1 Å². The summed E-state index contributed by atoms with van der Waals surface area (Å²) >= 11 is 0. The van der Waals surface area contributed by atoms with Gasteiger partial charge in [0, 0.05) is 7.05 Å². The standard InChI is InChI=1S/C9H12N2O2.ClH/c1-11(10)8(9(12)13)7-5-3-2-4-6-7;/h2-6,8H,10H2,1H3,(H,12,13);1H. The summed E-state index contributed by atoms with van der Waals surface area (Å²) in [5.41, 5.74) is 0.681. The smallest absolute Gasteiger partial charge is 0.326 e. The first-order valence-electron chi connectivity index (χ1n) is 3.88. The van der Waals surface area contributed by atoms with E-state index in [4.69, 9.17) is 10.9 Å². The van der Waals surface area contributed by atoms with Crippen LogP contribution < -0.4 is 5.84 Å². The zero-order chi connectivity index (χ0) is 9.84. The molecule has 0 fully saturated rings. The molecular formula is C9H13ClN2O2. The molecule has 14 heavy (non-hydrogen) atoms.